The Morgan fingerprint density at radius 2 is 1.56 bits per heavy atom. The molecule has 1 aliphatic rings. The molecule has 8 heteroatoms. The van der Waals surface area contributed by atoms with Crippen LogP contribution in [0.15, 0.2) is 22.7 Å². The van der Waals surface area contributed by atoms with Gasteiger partial charge in [0, 0.05) is 36.9 Å². The molecular formula is C19H24BrN3O4. The van der Waals surface area contributed by atoms with Gasteiger partial charge >= 0.3 is 0 Å². The van der Waals surface area contributed by atoms with Crippen LogP contribution in [-0.4, -0.2) is 48.2 Å². The molecule has 0 aliphatic carbocycles. The molecule has 4 amide bonds. The summed E-state index contributed by atoms with van der Waals surface area (Å²) in [7, 11) is 0. The average molecular weight is 438 g/mol. The minimum atomic E-state index is -0.327. The van der Waals surface area contributed by atoms with Gasteiger partial charge < -0.3 is 10.6 Å². The van der Waals surface area contributed by atoms with Crippen LogP contribution in [0, 0.1) is 0 Å². The van der Waals surface area contributed by atoms with Gasteiger partial charge in [0.25, 0.3) is 11.8 Å². The van der Waals surface area contributed by atoms with E-state index in [0.717, 1.165) is 17.3 Å². The summed E-state index contributed by atoms with van der Waals surface area (Å²) in [6, 6.07) is 4.99. The number of fused-ring (bicyclic) bond motifs is 1. The zero-order valence-electron chi connectivity index (χ0n) is 15.3. The molecule has 0 spiro atoms. The van der Waals surface area contributed by atoms with E-state index in [1.165, 1.54) is 4.90 Å². The van der Waals surface area contributed by atoms with Crippen LogP contribution in [-0.2, 0) is 9.59 Å². The molecule has 7 nitrogen and oxygen atoms in total. The molecule has 0 radical (unpaired) electrons. The lowest BCUT2D eigenvalue weighted by atomic mass is 10.1. The second-order valence-corrected chi connectivity index (χ2v) is 7.27. The largest absolute Gasteiger partial charge is 0.354 e. The summed E-state index contributed by atoms with van der Waals surface area (Å²) in [4.78, 5) is 49.1. The molecule has 0 unspecified atom stereocenters. The molecule has 0 bridgehead atoms. The maximum atomic E-state index is 12.3. The minimum absolute atomic E-state index is 0.0108. The van der Waals surface area contributed by atoms with Crippen LogP contribution in [0.3, 0.4) is 0 Å². The van der Waals surface area contributed by atoms with Crippen molar-refractivity contribution in [2.24, 2.45) is 0 Å². The molecule has 27 heavy (non-hydrogen) atoms. The molecule has 2 N–H and O–H groups in total. The van der Waals surface area contributed by atoms with Crippen molar-refractivity contribution in [3.05, 3.63) is 33.8 Å². The summed E-state index contributed by atoms with van der Waals surface area (Å²) in [5.74, 6) is -0.829. The van der Waals surface area contributed by atoms with Gasteiger partial charge in [-0.15, -0.1) is 0 Å². The average Bonchev–Trinajstić information content (AvgIpc) is 2.87. The number of hydrogen-bond acceptors (Lipinski definition) is 4. The highest BCUT2D eigenvalue weighted by molar-refractivity contribution is 9.10. The molecule has 0 saturated heterocycles. The fraction of sp³-hybridized carbons (Fsp3) is 0.474. The topological polar surface area (TPSA) is 95.6 Å². The Hall–Kier alpha value is -2.22. The summed E-state index contributed by atoms with van der Waals surface area (Å²) in [6.45, 7) is 2.97. The number of carbonyl (C=O) groups excluding carboxylic acids is 4. The first-order chi connectivity index (χ1) is 12.9. The van der Waals surface area contributed by atoms with E-state index in [1.54, 1.807) is 18.2 Å². The molecule has 2 rings (SSSR count). The van der Waals surface area contributed by atoms with Crippen molar-refractivity contribution in [1.29, 1.82) is 0 Å². The van der Waals surface area contributed by atoms with Crippen molar-refractivity contribution in [3.63, 3.8) is 0 Å². The van der Waals surface area contributed by atoms with E-state index in [0.29, 0.717) is 37.1 Å². The molecule has 0 aromatic heterocycles. The molecule has 1 aromatic rings. The summed E-state index contributed by atoms with van der Waals surface area (Å²) < 4.78 is 0.741. The fourth-order valence-electron chi connectivity index (χ4n) is 2.78. The van der Waals surface area contributed by atoms with Crippen LogP contribution in [0.25, 0.3) is 0 Å². The lowest BCUT2D eigenvalue weighted by Gasteiger charge is -2.13. The summed E-state index contributed by atoms with van der Waals surface area (Å²) >= 11 is 3.29. The summed E-state index contributed by atoms with van der Waals surface area (Å²) in [5.41, 5.74) is 0.782. The van der Waals surface area contributed by atoms with Crippen molar-refractivity contribution in [2.45, 2.75) is 39.0 Å². The standard InChI is InChI=1S/C19H24BrN3O4/c1-2-3-5-16(24)21-9-10-22-17(25)6-4-11-23-18(26)14-8-7-13(20)12-15(14)19(23)27/h7-8,12H,2-6,9-11H2,1H3,(H,21,24)(H,22,25). The predicted octanol–water partition coefficient (Wildman–Crippen LogP) is 2.25. The second-order valence-electron chi connectivity index (χ2n) is 6.36. The zero-order valence-corrected chi connectivity index (χ0v) is 16.9. The van der Waals surface area contributed by atoms with Gasteiger partial charge in [-0.25, -0.2) is 0 Å². The summed E-state index contributed by atoms with van der Waals surface area (Å²) in [5, 5.41) is 5.46. The van der Waals surface area contributed by atoms with Gasteiger partial charge in [0.15, 0.2) is 0 Å². The molecule has 1 heterocycles. The first-order valence-electron chi connectivity index (χ1n) is 9.13. The Morgan fingerprint density at radius 3 is 2.19 bits per heavy atom. The highest BCUT2D eigenvalue weighted by Gasteiger charge is 2.35. The van der Waals surface area contributed by atoms with Crippen LogP contribution < -0.4 is 10.6 Å². The van der Waals surface area contributed by atoms with E-state index in [2.05, 4.69) is 26.6 Å². The number of rotatable bonds is 10. The van der Waals surface area contributed by atoms with Crippen LogP contribution in [0.2, 0.25) is 0 Å². The number of unbranched alkanes of at least 4 members (excludes halogenated alkanes) is 1. The van der Waals surface area contributed by atoms with E-state index < -0.39 is 0 Å². The first-order valence-corrected chi connectivity index (χ1v) is 9.92. The van der Waals surface area contributed by atoms with E-state index in [4.69, 9.17) is 0 Å². The van der Waals surface area contributed by atoms with Crippen LogP contribution >= 0.6 is 15.9 Å². The lowest BCUT2D eigenvalue weighted by Crippen LogP contribution is -2.35. The quantitative estimate of drug-likeness (QED) is 0.433. The SMILES string of the molecule is CCCCC(=O)NCCNC(=O)CCCN1C(=O)c2ccc(Br)cc2C1=O. The Kier molecular flexibility index (Phi) is 7.97. The highest BCUT2D eigenvalue weighted by Crippen LogP contribution is 2.26. The smallest absolute Gasteiger partial charge is 0.261 e. The maximum Gasteiger partial charge on any atom is 0.261 e. The predicted molar refractivity (Wildman–Crippen MR) is 104 cm³/mol. The van der Waals surface area contributed by atoms with E-state index in [1.807, 2.05) is 6.92 Å². The van der Waals surface area contributed by atoms with Crippen molar-refractivity contribution in [2.75, 3.05) is 19.6 Å². The monoisotopic (exact) mass is 437 g/mol. The number of nitrogens with zero attached hydrogens (tertiary/aromatic N) is 1. The molecular weight excluding hydrogens is 414 g/mol. The molecule has 0 fully saturated rings. The van der Waals surface area contributed by atoms with Crippen LogP contribution in [0.4, 0.5) is 0 Å². The number of nitrogens with one attached hydrogen (secondary N) is 2. The third-order valence-corrected chi connectivity index (χ3v) is 4.74. The van der Waals surface area contributed by atoms with Crippen LogP contribution in [0.5, 0.6) is 0 Å². The highest BCUT2D eigenvalue weighted by atomic mass is 79.9. The number of benzene rings is 1. The van der Waals surface area contributed by atoms with Gasteiger partial charge in [-0.3, -0.25) is 24.1 Å². The van der Waals surface area contributed by atoms with Gasteiger partial charge in [-0.1, -0.05) is 29.3 Å². The van der Waals surface area contributed by atoms with Gasteiger partial charge in [0.2, 0.25) is 11.8 Å². The van der Waals surface area contributed by atoms with Crippen LogP contribution in [0.1, 0.15) is 59.7 Å². The van der Waals surface area contributed by atoms with Crippen molar-refractivity contribution in [3.8, 4) is 0 Å². The number of amides is 4. The minimum Gasteiger partial charge on any atom is -0.354 e. The van der Waals surface area contributed by atoms with E-state index in [9.17, 15) is 19.2 Å². The molecule has 0 atom stereocenters. The number of imide groups is 1. The third-order valence-electron chi connectivity index (χ3n) is 4.25. The van der Waals surface area contributed by atoms with Gasteiger partial charge in [0.1, 0.15) is 0 Å². The Bertz CT molecular complexity index is 736. The number of carbonyl (C=O) groups is 4. The second kappa shape index (κ2) is 10.2. The Balaban J connectivity index is 1.66. The van der Waals surface area contributed by atoms with Gasteiger partial charge in [-0.05, 0) is 31.0 Å². The zero-order chi connectivity index (χ0) is 19.8. The first kappa shape index (κ1) is 21.1. The van der Waals surface area contributed by atoms with Gasteiger partial charge in [0.05, 0.1) is 11.1 Å². The van der Waals surface area contributed by atoms with E-state index >= 15 is 0 Å². The Labute approximate surface area is 167 Å². The normalized spacial score (nSPS) is 12.9. The van der Waals surface area contributed by atoms with Gasteiger partial charge in [-0.2, -0.15) is 0 Å². The van der Waals surface area contributed by atoms with E-state index in [-0.39, 0.29) is 36.6 Å². The molecule has 1 aromatic carbocycles. The maximum absolute atomic E-state index is 12.3. The summed E-state index contributed by atoms with van der Waals surface area (Å²) in [6.07, 6.45) is 2.92. The van der Waals surface area contributed by atoms with Crippen molar-refractivity contribution >= 4 is 39.6 Å². The molecule has 0 saturated carbocycles. The fourth-order valence-corrected chi connectivity index (χ4v) is 3.14. The van der Waals surface area contributed by atoms with Crippen molar-refractivity contribution < 1.29 is 19.2 Å². The third kappa shape index (κ3) is 5.89. The molecule has 146 valence electrons. The molecule has 1 aliphatic heterocycles. The Morgan fingerprint density at radius 1 is 0.963 bits per heavy atom. The number of hydrogen-bond donors (Lipinski definition) is 2. The van der Waals surface area contributed by atoms with Crippen molar-refractivity contribution in [1.82, 2.24) is 15.5 Å². The number of halogens is 1. The lowest BCUT2D eigenvalue weighted by molar-refractivity contribution is -0.123.